The highest BCUT2D eigenvalue weighted by molar-refractivity contribution is 5.64. The summed E-state index contributed by atoms with van der Waals surface area (Å²) in [4.78, 5) is 10.7. The fourth-order valence-corrected chi connectivity index (χ4v) is 1.24. The quantitative estimate of drug-likeness (QED) is 0.398. The average Bonchev–Trinajstić information content (AvgIpc) is 2.21. The van der Waals surface area contributed by atoms with Gasteiger partial charge in [-0.15, -0.1) is 0 Å². The normalized spacial score (nSPS) is 25.7. The summed E-state index contributed by atoms with van der Waals surface area (Å²) in [6, 6.07) is 0. The third-order valence-electron chi connectivity index (χ3n) is 1.96. The van der Waals surface area contributed by atoms with Crippen molar-refractivity contribution in [1.29, 1.82) is 0 Å². The fourth-order valence-electron chi connectivity index (χ4n) is 1.24. The van der Waals surface area contributed by atoms with Crippen molar-refractivity contribution in [3.05, 3.63) is 12.2 Å². The van der Waals surface area contributed by atoms with E-state index < -0.39 is 24.9 Å². The van der Waals surface area contributed by atoms with Crippen molar-refractivity contribution in [2.45, 2.75) is 11.8 Å². The molecule has 0 aromatic heterocycles. The van der Waals surface area contributed by atoms with E-state index in [2.05, 4.69) is 0 Å². The van der Waals surface area contributed by atoms with Crippen LogP contribution in [0, 0.1) is 0 Å². The lowest BCUT2D eigenvalue weighted by atomic mass is 10.2. The molecule has 0 spiro atoms. The second-order valence-corrected chi connectivity index (χ2v) is 3.14. The molecule has 0 amide bonds. The number of aldehydes is 1. The number of hydrogen-bond donors (Lipinski definition) is 0. The Morgan fingerprint density at radius 3 is 2.07 bits per heavy atom. The molecule has 0 saturated carbocycles. The smallest absolute Gasteiger partial charge is 0.299 e. The Hall–Kier alpha value is -0.910. The number of alkyl halides is 4. The molecule has 0 atom stereocenters. The first kappa shape index (κ1) is 11.2. The molecule has 1 aliphatic heterocycles. The maximum Gasteiger partial charge on any atom is 0.323 e. The molecule has 1 fully saturated rings. The van der Waals surface area contributed by atoms with E-state index in [1.165, 1.54) is 6.08 Å². The molecule has 0 aliphatic carbocycles. The van der Waals surface area contributed by atoms with Crippen LogP contribution in [-0.4, -0.2) is 42.7 Å². The molecule has 0 aromatic carbocycles. The zero-order valence-corrected chi connectivity index (χ0v) is 7.22. The van der Waals surface area contributed by atoms with Crippen molar-refractivity contribution in [2.24, 2.45) is 0 Å². The van der Waals surface area contributed by atoms with Crippen LogP contribution >= 0.6 is 0 Å². The first-order valence-electron chi connectivity index (χ1n) is 3.97. The summed E-state index contributed by atoms with van der Waals surface area (Å²) in [6.45, 7) is -2.00. The highest BCUT2D eigenvalue weighted by atomic mass is 19.3. The van der Waals surface area contributed by atoms with E-state index in [-0.39, 0.29) is 6.54 Å². The molecule has 80 valence electrons. The number of nitrogens with zero attached hydrogens (tertiary/aromatic N) is 1. The monoisotopic (exact) mass is 211 g/mol. The van der Waals surface area contributed by atoms with Crippen molar-refractivity contribution in [1.82, 2.24) is 4.90 Å². The predicted molar refractivity (Wildman–Crippen MR) is 41.5 cm³/mol. The zero-order valence-electron chi connectivity index (χ0n) is 7.22. The minimum absolute atomic E-state index is 0.0656. The summed E-state index contributed by atoms with van der Waals surface area (Å²) < 4.78 is 50.4. The zero-order chi connectivity index (χ0) is 10.8. The third kappa shape index (κ3) is 2.12. The standard InChI is InChI=1S/C8H9F4NO/c9-7(10)5-13(3-1-2-4-14)6-8(7,11)12/h1-2,4H,3,5-6H2/b2-1+. The summed E-state index contributed by atoms with van der Waals surface area (Å²) in [7, 11) is 0. The Labute approximate surface area is 78.2 Å². The van der Waals surface area contributed by atoms with Crippen LogP contribution in [-0.2, 0) is 4.79 Å². The van der Waals surface area contributed by atoms with Crippen LogP contribution in [0.2, 0.25) is 0 Å². The Kier molecular flexibility index (Phi) is 2.94. The van der Waals surface area contributed by atoms with Gasteiger partial charge in [0, 0.05) is 6.54 Å². The van der Waals surface area contributed by atoms with Gasteiger partial charge in [-0.1, -0.05) is 6.08 Å². The third-order valence-corrected chi connectivity index (χ3v) is 1.96. The second kappa shape index (κ2) is 3.68. The molecule has 1 heterocycles. The molecule has 1 saturated heterocycles. The van der Waals surface area contributed by atoms with Gasteiger partial charge in [-0.25, -0.2) is 0 Å². The predicted octanol–water partition coefficient (Wildman–Crippen LogP) is 1.33. The van der Waals surface area contributed by atoms with Crippen LogP contribution in [0.1, 0.15) is 0 Å². The summed E-state index contributed by atoms with van der Waals surface area (Å²) in [6.07, 6.45) is 2.82. The summed E-state index contributed by atoms with van der Waals surface area (Å²) in [5.74, 6) is -7.94. The van der Waals surface area contributed by atoms with Crippen LogP contribution in [0.3, 0.4) is 0 Å². The first-order valence-corrected chi connectivity index (χ1v) is 3.97. The maximum absolute atomic E-state index is 12.6. The Bertz CT molecular complexity index is 236. The Morgan fingerprint density at radius 2 is 1.64 bits per heavy atom. The number of allylic oxidation sites excluding steroid dienone is 1. The van der Waals surface area contributed by atoms with Gasteiger partial charge >= 0.3 is 11.8 Å². The lowest BCUT2D eigenvalue weighted by Gasteiger charge is -2.15. The van der Waals surface area contributed by atoms with E-state index in [9.17, 15) is 22.4 Å². The molecule has 1 rings (SSSR count). The van der Waals surface area contributed by atoms with E-state index >= 15 is 0 Å². The molecule has 0 N–H and O–H groups in total. The molecular formula is C8H9F4NO. The molecule has 0 aromatic rings. The van der Waals surface area contributed by atoms with Crippen molar-refractivity contribution < 1.29 is 22.4 Å². The van der Waals surface area contributed by atoms with Crippen molar-refractivity contribution in [3.8, 4) is 0 Å². The number of likely N-dealkylation sites (tertiary alicyclic amines) is 1. The van der Waals surface area contributed by atoms with E-state index in [4.69, 9.17) is 0 Å². The van der Waals surface area contributed by atoms with E-state index in [0.29, 0.717) is 6.29 Å². The van der Waals surface area contributed by atoms with Crippen LogP contribution < -0.4 is 0 Å². The van der Waals surface area contributed by atoms with Crippen LogP contribution in [0.25, 0.3) is 0 Å². The van der Waals surface area contributed by atoms with Gasteiger partial charge in [0.15, 0.2) is 0 Å². The van der Waals surface area contributed by atoms with Gasteiger partial charge in [0.25, 0.3) is 0 Å². The van der Waals surface area contributed by atoms with Crippen molar-refractivity contribution in [2.75, 3.05) is 19.6 Å². The average molecular weight is 211 g/mol. The number of hydrogen-bond acceptors (Lipinski definition) is 2. The molecule has 14 heavy (non-hydrogen) atoms. The van der Waals surface area contributed by atoms with Crippen molar-refractivity contribution in [3.63, 3.8) is 0 Å². The molecule has 0 unspecified atom stereocenters. The SMILES string of the molecule is O=C/C=C/CN1CC(F)(F)C(F)(F)C1. The highest BCUT2D eigenvalue weighted by Gasteiger charge is 2.62. The van der Waals surface area contributed by atoms with Gasteiger partial charge < -0.3 is 0 Å². The van der Waals surface area contributed by atoms with Gasteiger partial charge in [-0.2, -0.15) is 17.6 Å². The van der Waals surface area contributed by atoms with E-state index in [1.807, 2.05) is 0 Å². The molecule has 2 nitrogen and oxygen atoms in total. The largest absolute Gasteiger partial charge is 0.323 e. The van der Waals surface area contributed by atoms with Crippen LogP contribution in [0.4, 0.5) is 17.6 Å². The first-order chi connectivity index (χ1) is 6.39. The fraction of sp³-hybridized carbons (Fsp3) is 0.625. The molecule has 0 radical (unpaired) electrons. The van der Waals surface area contributed by atoms with Crippen LogP contribution in [0.5, 0.6) is 0 Å². The summed E-state index contributed by atoms with van der Waals surface area (Å²) in [5.41, 5.74) is 0. The second-order valence-electron chi connectivity index (χ2n) is 3.14. The minimum Gasteiger partial charge on any atom is -0.299 e. The van der Waals surface area contributed by atoms with Crippen LogP contribution in [0.15, 0.2) is 12.2 Å². The minimum atomic E-state index is -3.97. The summed E-state index contributed by atoms with van der Waals surface area (Å²) >= 11 is 0. The lowest BCUT2D eigenvalue weighted by Crippen LogP contribution is -2.38. The maximum atomic E-state index is 12.6. The Balaban J connectivity index is 2.55. The number of carbonyl (C=O) groups excluding carboxylic acids is 1. The van der Waals surface area contributed by atoms with E-state index in [0.717, 1.165) is 11.0 Å². The molecule has 0 bridgehead atoms. The number of halogens is 4. The van der Waals surface area contributed by atoms with Gasteiger partial charge in [0.1, 0.15) is 6.29 Å². The lowest BCUT2D eigenvalue weighted by molar-refractivity contribution is -0.172. The van der Waals surface area contributed by atoms with Gasteiger partial charge in [-0.05, 0) is 6.08 Å². The van der Waals surface area contributed by atoms with Gasteiger partial charge in [0.2, 0.25) is 0 Å². The van der Waals surface area contributed by atoms with Crippen molar-refractivity contribution >= 4 is 6.29 Å². The molecular weight excluding hydrogens is 202 g/mol. The molecule has 6 heteroatoms. The van der Waals surface area contributed by atoms with Gasteiger partial charge in [-0.3, -0.25) is 9.69 Å². The topological polar surface area (TPSA) is 20.3 Å². The van der Waals surface area contributed by atoms with E-state index in [1.54, 1.807) is 0 Å². The number of carbonyl (C=O) groups is 1. The van der Waals surface area contributed by atoms with Gasteiger partial charge in [0.05, 0.1) is 13.1 Å². The number of rotatable bonds is 3. The Morgan fingerprint density at radius 1 is 1.14 bits per heavy atom. The highest BCUT2D eigenvalue weighted by Crippen LogP contribution is 2.40. The molecule has 1 aliphatic rings. The summed E-state index contributed by atoms with van der Waals surface area (Å²) in [5, 5.41) is 0.